The summed E-state index contributed by atoms with van der Waals surface area (Å²) in [5, 5.41) is 8.15. The molecule has 1 aromatic heterocycles. The number of likely N-dealkylation sites (N-methyl/N-ethyl adjacent to an activating group) is 1. The molecule has 2 rings (SSSR count). The maximum absolute atomic E-state index is 4.48. The molecule has 0 radical (unpaired) electrons. The van der Waals surface area contributed by atoms with Crippen molar-refractivity contribution in [1.29, 1.82) is 0 Å². The fraction of sp³-hybridized carbons (Fsp3) is 0.824. The van der Waals surface area contributed by atoms with Crippen LogP contribution in [0.15, 0.2) is 12.4 Å². The summed E-state index contributed by atoms with van der Waals surface area (Å²) in [5.74, 6) is 0.958. The third-order valence-electron chi connectivity index (χ3n) is 4.97. The highest BCUT2D eigenvalue weighted by Crippen LogP contribution is 2.28. The Morgan fingerprint density at radius 3 is 2.52 bits per heavy atom. The Hall–Kier alpha value is -1.03. The molecule has 0 atom stereocenters. The van der Waals surface area contributed by atoms with E-state index in [0.717, 1.165) is 32.1 Å². The summed E-state index contributed by atoms with van der Waals surface area (Å²) in [6.07, 6.45) is 10.9. The van der Waals surface area contributed by atoms with Crippen molar-refractivity contribution in [2.45, 2.75) is 65.5 Å². The van der Waals surface area contributed by atoms with E-state index in [2.05, 4.69) is 47.0 Å². The van der Waals surface area contributed by atoms with Gasteiger partial charge < -0.3 is 10.2 Å². The Morgan fingerprint density at radius 1 is 1.19 bits per heavy atom. The van der Waals surface area contributed by atoms with Gasteiger partial charge in [0.15, 0.2) is 0 Å². The summed E-state index contributed by atoms with van der Waals surface area (Å²) in [6.45, 7) is 11.0. The molecule has 120 valence electrons. The van der Waals surface area contributed by atoms with Crippen LogP contribution >= 0.6 is 0 Å². The highest BCUT2D eigenvalue weighted by molar-refractivity contribution is 5.39. The molecule has 1 fully saturated rings. The average molecular weight is 292 g/mol. The van der Waals surface area contributed by atoms with Crippen LogP contribution in [-0.2, 0) is 6.54 Å². The third kappa shape index (κ3) is 5.03. The van der Waals surface area contributed by atoms with Crippen LogP contribution in [0, 0.1) is 5.92 Å². The first kappa shape index (κ1) is 16.3. The predicted molar refractivity (Wildman–Crippen MR) is 89.7 cm³/mol. The highest BCUT2D eigenvalue weighted by Gasteiger charge is 2.19. The molecule has 0 saturated heterocycles. The first-order valence-electron chi connectivity index (χ1n) is 8.76. The molecule has 1 aliphatic rings. The quantitative estimate of drug-likeness (QED) is 0.794. The number of nitrogens with one attached hydrogen (secondary N) is 1. The summed E-state index contributed by atoms with van der Waals surface area (Å²) in [5.41, 5.74) is 1.19. The molecule has 21 heavy (non-hydrogen) atoms. The van der Waals surface area contributed by atoms with Crippen LogP contribution < -0.4 is 5.32 Å². The molecule has 0 spiro atoms. The van der Waals surface area contributed by atoms with Crippen molar-refractivity contribution in [3.63, 3.8) is 0 Å². The van der Waals surface area contributed by atoms with E-state index in [4.69, 9.17) is 0 Å². The van der Waals surface area contributed by atoms with E-state index in [1.54, 1.807) is 0 Å². The number of anilines is 1. The lowest BCUT2D eigenvalue weighted by atomic mass is 9.84. The van der Waals surface area contributed by atoms with Gasteiger partial charge in [-0.1, -0.05) is 27.2 Å². The number of rotatable bonds is 8. The lowest BCUT2D eigenvalue weighted by Crippen LogP contribution is -2.27. The van der Waals surface area contributed by atoms with Crippen molar-refractivity contribution in [3.8, 4) is 0 Å². The van der Waals surface area contributed by atoms with Gasteiger partial charge in [0.2, 0.25) is 0 Å². The molecule has 0 aromatic carbocycles. The van der Waals surface area contributed by atoms with Crippen LogP contribution in [0.25, 0.3) is 0 Å². The second-order valence-electron chi connectivity index (χ2n) is 6.29. The molecule has 1 saturated carbocycles. The van der Waals surface area contributed by atoms with Crippen molar-refractivity contribution >= 4 is 5.69 Å². The van der Waals surface area contributed by atoms with Gasteiger partial charge in [0, 0.05) is 18.8 Å². The molecule has 0 aliphatic heterocycles. The monoisotopic (exact) mass is 292 g/mol. The summed E-state index contributed by atoms with van der Waals surface area (Å²) in [4.78, 5) is 2.43. The van der Waals surface area contributed by atoms with Crippen molar-refractivity contribution in [2.75, 3.05) is 25.0 Å². The van der Waals surface area contributed by atoms with Crippen molar-refractivity contribution < 1.29 is 0 Å². The molecule has 1 aromatic rings. The highest BCUT2D eigenvalue weighted by atomic mass is 15.3. The summed E-state index contributed by atoms with van der Waals surface area (Å²) in [7, 11) is 0. The zero-order valence-electron chi connectivity index (χ0n) is 14.0. The zero-order valence-corrected chi connectivity index (χ0v) is 14.0. The standard InChI is InChI=1S/C17H32N4/c1-4-15-7-9-16(10-8-15)19-17-13-18-21(14-17)12-11-20(5-2)6-3/h13-16,19H,4-12H2,1-3H3. The van der Waals surface area contributed by atoms with Crippen molar-refractivity contribution in [1.82, 2.24) is 14.7 Å². The number of hydrogen-bond donors (Lipinski definition) is 1. The Morgan fingerprint density at radius 2 is 1.90 bits per heavy atom. The number of nitrogens with zero attached hydrogens (tertiary/aromatic N) is 3. The van der Waals surface area contributed by atoms with Crippen LogP contribution in [0.4, 0.5) is 5.69 Å². The Balaban J connectivity index is 1.75. The first-order valence-corrected chi connectivity index (χ1v) is 8.76. The van der Waals surface area contributed by atoms with E-state index in [1.165, 1.54) is 37.8 Å². The molecule has 1 N–H and O–H groups in total. The van der Waals surface area contributed by atoms with Gasteiger partial charge in [-0.2, -0.15) is 5.10 Å². The van der Waals surface area contributed by atoms with Crippen LogP contribution in [0.2, 0.25) is 0 Å². The molecular weight excluding hydrogens is 260 g/mol. The van der Waals surface area contributed by atoms with Gasteiger partial charge in [-0.25, -0.2) is 0 Å². The van der Waals surface area contributed by atoms with Crippen LogP contribution in [0.1, 0.15) is 52.9 Å². The summed E-state index contributed by atoms with van der Waals surface area (Å²) >= 11 is 0. The van der Waals surface area contributed by atoms with E-state index in [9.17, 15) is 0 Å². The fourth-order valence-electron chi connectivity index (χ4n) is 3.29. The van der Waals surface area contributed by atoms with E-state index < -0.39 is 0 Å². The van der Waals surface area contributed by atoms with Gasteiger partial charge in [-0.15, -0.1) is 0 Å². The van der Waals surface area contributed by atoms with Gasteiger partial charge in [0.1, 0.15) is 0 Å². The minimum atomic E-state index is 0.647. The molecule has 0 unspecified atom stereocenters. The average Bonchev–Trinajstić information content (AvgIpc) is 2.96. The van der Waals surface area contributed by atoms with Gasteiger partial charge in [0.25, 0.3) is 0 Å². The number of aromatic nitrogens is 2. The van der Waals surface area contributed by atoms with Crippen LogP contribution in [0.5, 0.6) is 0 Å². The third-order valence-corrected chi connectivity index (χ3v) is 4.97. The second-order valence-corrected chi connectivity index (χ2v) is 6.29. The molecule has 0 amide bonds. The molecule has 4 nitrogen and oxygen atoms in total. The normalized spacial score (nSPS) is 22.7. The van der Waals surface area contributed by atoms with Gasteiger partial charge in [-0.3, -0.25) is 4.68 Å². The Bertz CT molecular complexity index is 389. The summed E-state index contributed by atoms with van der Waals surface area (Å²) < 4.78 is 2.07. The number of hydrogen-bond acceptors (Lipinski definition) is 3. The largest absolute Gasteiger partial charge is 0.380 e. The van der Waals surface area contributed by atoms with E-state index in [1.807, 2.05) is 6.20 Å². The van der Waals surface area contributed by atoms with E-state index in [-0.39, 0.29) is 0 Å². The van der Waals surface area contributed by atoms with Crippen LogP contribution in [-0.4, -0.2) is 40.4 Å². The van der Waals surface area contributed by atoms with E-state index in [0.29, 0.717) is 6.04 Å². The Kier molecular flexibility index (Phi) is 6.55. The SMILES string of the molecule is CCC1CCC(Nc2cnn(CCN(CC)CC)c2)CC1. The second kappa shape index (κ2) is 8.42. The maximum atomic E-state index is 4.48. The lowest BCUT2D eigenvalue weighted by molar-refractivity contribution is 0.285. The fourth-order valence-corrected chi connectivity index (χ4v) is 3.29. The van der Waals surface area contributed by atoms with E-state index >= 15 is 0 Å². The maximum Gasteiger partial charge on any atom is 0.0728 e. The minimum absolute atomic E-state index is 0.647. The van der Waals surface area contributed by atoms with Crippen molar-refractivity contribution in [3.05, 3.63) is 12.4 Å². The smallest absolute Gasteiger partial charge is 0.0728 e. The molecule has 0 bridgehead atoms. The van der Waals surface area contributed by atoms with Gasteiger partial charge >= 0.3 is 0 Å². The molecule has 1 aliphatic carbocycles. The topological polar surface area (TPSA) is 33.1 Å². The first-order chi connectivity index (χ1) is 10.2. The van der Waals surface area contributed by atoms with Gasteiger partial charge in [0.05, 0.1) is 18.4 Å². The van der Waals surface area contributed by atoms with Crippen LogP contribution in [0.3, 0.4) is 0 Å². The Labute approximate surface area is 129 Å². The molecule has 4 heteroatoms. The summed E-state index contributed by atoms with van der Waals surface area (Å²) in [6, 6.07) is 0.647. The lowest BCUT2D eigenvalue weighted by Gasteiger charge is -2.28. The molecule has 1 heterocycles. The molecular formula is C17H32N4. The zero-order chi connectivity index (χ0) is 15.1. The predicted octanol–water partition coefficient (Wildman–Crippen LogP) is 3.61. The van der Waals surface area contributed by atoms with Gasteiger partial charge in [-0.05, 0) is 44.7 Å². The minimum Gasteiger partial charge on any atom is -0.380 e. The van der Waals surface area contributed by atoms with Crippen molar-refractivity contribution in [2.24, 2.45) is 5.92 Å².